The molecule has 8 nitrogen and oxygen atoms in total. The van der Waals surface area contributed by atoms with E-state index in [-0.39, 0.29) is 11.9 Å². The fourth-order valence-electron chi connectivity index (χ4n) is 3.82. The second-order valence-electron chi connectivity index (χ2n) is 9.05. The second kappa shape index (κ2) is 9.68. The first kappa shape index (κ1) is 24.1. The van der Waals surface area contributed by atoms with E-state index in [1.807, 2.05) is 62.5 Å². The number of nitrogens with one attached hydrogen (secondary N) is 2. The number of carbonyl (C=O) groups excluding carboxylic acids is 1. The Morgan fingerprint density at radius 2 is 1.89 bits per heavy atom. The number of amides is 1. The lowest BCUT2D eigenvalue weighted by Crippen LogP contribution is -2.38. The van der Waals surface area contributed by atoms with Crippen molar-refractivity contribution in [3.05, 3.63) is 89.5 Å². The van der Waals surface area contributed by atoms with Crippen molar-refractivity contribution < 1.29 is 23.8 Å². The highest BCUT2D eigenvalue weighted by molar-refractivity contribution is 5.93. The minimum atomic E-state index is -1.33. The van der Waals surface area contributed by atoms with Gasteiger partial charge in [0.1, 0.15) is 11.4 Å². The van der Waals surface area contributed by atoms with E-state index in [0.717, 1.165) is 27.8 Å². The topological polar surface area (TPSA) is 104 Å². The van der Waals surface area contributed by atoms with Gasteiger partial charge in [0.25, 0.3) is 5.91 Å². The van der Waals surface area contributed by atoms with Crippen molar-refractivity contribution in [2.75, 3.05) is 7.05 Å². The molecule has 3 aromatic rings. The molecule has 0 saturated heterocycles. The third-order valence-corrected chi connectivity index (χ3v) is 5.95. The SMILES string of the molecule is Cc1cc(CNC(=O)C2=CC(c3ccc(-c4ccoc4)cc3)NN2C)ccc1OC(C)(C)C(=O)O. The second-order valence-corrected chi connectivity index (χ2v) is 9.05. The van der Waals surface area contributed by atoms with Gasteiger partial charge in [0.05, 0.1) is 18.6 Å². The molecular formula is C27H29N3O5. The molecule has 1 unspecified atom stereocenters. The van der Waals surface area contributed by atoms with E-state index < -0.39 is 11.6 Å². The Morgan fingerprint density at radius 1 is 1.14 bits per heavy atom. The Kier molecular flexibility index (Phi) is 6.66. The van der Waals surface area contributed by atoms with Gasteiger partial charge in [-0.25, -0.2) is 10.2 Å². The van der Waals surface area contributed by atoms with E-state index in [1.165, 1.54) is 13.8 Å². The minimum Gasteiger partial charge on any atom is -0.478 e. The number of aliphatic carboxylic acids is 1. The summed E-state index contributed by atoms with van der Waals surface area (Å²) in [5.74, 6) is -0.734. The first-order valence-corrected chi connectivity index (χ1v) is 11.3. The van der Waals surface area contributed by atoms with E-state index in [1.54, 1.807) is 23.6 Å². The van der Waals surface area contributed by atoms with Crippen LogP contribution in [0.25, 0.3) is 11.1 Å². The van der Waals surface area contributed by atoms with E-state index in [2.05, 4.69) is 10.7 Å². The number of ether oxygens (including phenoxy) is 1. The number of likely N-dealkylation sites (N-methyl/N-ethyl adjacent to an activating group) is 1. The Labute approximate surface area is 204 Å². The van der Waals surface area contributed by atoms with Crippen LogP contribution in [-0.4, -0.2) is 34.6 Å². The smallest absolute Gasteiger partial charge is 0.347 e. The monoisotopic (exact) mass is 475 g/mol. The highest BCUT2D eigenvalue weighted by Gasteiger charge is 2.30. The molecule has 1 amide bonds. The number of hydrogen-bond donors (Lipinski definition) is 3. The van der Waals surface area contributed by atoms with Crippen LogP contribution < -0.4 is 15.5 Å². The molecule has 4 rings (SSSR count). The van der Waals surface area contributed by atoms with Crippen LogP contribution in [0.5, 0.6) is 5.75 Å². The number of benzene rings is 2. The standard InChI is InChI=1S/C27H29N3O5/c1-17-13-18(5-10-24(17)35-27(2,3)26(32)33)15-28-25(31)23-14-22(29-30(23)4)20-8-6-19(7-9-20)21-11-12-34-16-21/h5-14,16,22,29H,15H2,1-4H3,(H,28,31)(H,32,33). The zero-order valence-electron chi connectivity index (χ0n) is 20.2. The number of hydrogen-bond acceptors (Lipinski definition) is 6. The van der Waals surface area contributed by atoms with E-state index >= 15 is 0 Å². The Hall–Kier alpha value is -4.04. The predicted octanol–water partition coefficient (Wildman–Crippen LogP) is 4.19. The number of nitrogens with zero attached hydrogens (tertiary/aromatic N) is 1. The van der Waals surface area contributed by atoms with Crippen LogP contribution in [-0.2, 0) is 16.1 Å². The molecule has 0 radical (unpaired) electrons. The first-order chi connectivity index (χ1) is 16.6. The molecule has 1 atom stereocenters. The van der Waals surface area contributed by atoms with Gasteiger partial charge in [-0.1, -0.05) is 36.4 Å². The molecule has 182 valence electrons. The number of aryl methyl sites for hydroxylation is 1. The molecule has 2 aromatic carbocycles. The molecule has 0 aliphatic carbocycles. The summed E-state index contributed by atoms with van der Waals surface area (Å²) >= 11 is 0. The van der Waals surface area contributed by atoms with Gasteiger partial charge in [0.2, 0.25) is 0 Å². The highest BCUT2D eigenvalue weighted by atomic mass is 16.5. The number of rotatable bonds is 8. The van der Waals surface area contributed by atoms with Crippen LogP contribution in [0.4, 0.5) is 0 Å². The zero-order valence-corrected chi connectivity index (χ0v) is 20.2. The summed E-state index contributed by atoms with van der Waals surface area (Å²) in [5, 5.41) is 13.9. The lowest BCUT2D eigenvalue weighted by Gasteiger charge is -2.23. The molecule has 35 heavy (non-hydrogen) atoms. The van der Waals surface area contributed by atoms with Crippen LogP contribution in [0.15, 0.2) is 77.2 Å². The summed E-state index contributed by atoms with van der Waals surface area (Å²) in [5.41, 5.74) is 7.31. The number of carboxylic acid groups (broad SMARTS) is 1. The van der Waals surface area contributed by atoms with Gasteiger partial charge in [-0.2, -0.15) is 0 Å². The van der Waals surface area contributed by atoms with Crippen molar-refractivity contribution in [3.8, 4) is 16.9 Å². The molecule has 1 aliphatic heterocycles. The van der Waals surface area contributed by atoms with Crippen molar-refractivity contribution in [2.24, 2.45) is 0 Å². The maximum atomic E-state index is 12.9. The average Bonchev–Trinajstić information content (AvgIpc) is 3.49. The van der Waals surface area contributed by atoms with Crippen LogP contribution in [0.3, 0.4) is 0 Å². The Balaban J connectivity index is 1.38. The Bertz CT molecular complexity index is 1250. The number of hydrazine groups is 1. The van der Waals surface area contributed by atoms with Crippen molar-refractivity contribution in [1.29, 1.82) is 0 Å². The lowest BCUT2D eigenvalue weighted by molar-refractivity contribution is -0.152. The van der Waals surface area contributed by atoms with E-state index in [0.29, 0.717) is 18.0 Å². The van der Waals surface area contributed by atoms with Crippen LogP contribution in [0.1, 0.15) is 36.6 Å². The normalized spacial score (nSPS) is 15.6. The van der Waals surface area contributed by atoms with Gasteiger partial charge in [-0.15, -0.1) is 0 Å². The van der Waals surface area contributed by atoms with Gasteiger partial charge in [-0.3, -0.25) is 4.79 Å². The summed E-state index contributed by atoms with van der Waals surface area (Å²) < 4.78 is 10.8. The van der Waals surface area contributed by atoms with Crippen LogP contribution in [0, 0.1) is 6.92 Å². The third kappa shape index (κ3) is 5.38. The quantitative estimate of drug-likeness (QED) is 0.449. The average molecular weight is 476 g/mol. The summed E-state index contributed by atoms with van der Waals surface area (Å²) in [7, 11) is 1.81. The summed E-state index contributed by atoms with van der Waals surface area (Å²) in [6, 6.07) is 15.3. The zero-order chi connectivity index (χ0) is 25.2. The van der Waals surface area contributed by atoms with Crippen LogP contribution >= 0.6 is 0 Å². The Morgan fingerprint density at radius 3 is 2.51 bits per heavy atom. The maximum Gasteiger partial charge on any atom is 0.347 e. The van der Waals surface area contributed by atoms with Gasteiger partial charge in [-0.05, 0) is 61.2 Å². The van der Waals surface area contributed by atoms with Gasteiger partial charge in [0, 0.05) is 19.2 Å². The van der Waals surface area contributed by atoms with E-state index in [9.17, 15) is 14.7 Å². The molecule has 2 heterocycles. The fourth-order valence-corrected chi connectivity index (χ4v) is 3.82. The lowest BCUT2D eigenvalue weighted by atomic mass is 10.0. The summed E-state index contributed by atoms with van der Waals surface area (Å²) in [6.45, 7) is 5.18. The predicted molar refractivity (Wildman–Crippen MR) is 131 cm³/mol. The molecule has 1 aliphatic rings. The van der Waals surface area contributed by atoms with Gasteiger partial charge >= 0.3 is 5.97 Å². The number of furan rings is 1. The molecular weight excluding hydrogens is 446 g/mol. The van der Waals surface area contributed by atoms with Crippen LogP contribution in [0.2, 0.25) is 0 Å². The molecule has 0 saturated carbocycles. The fraction of sp³-hybridized carbons (Fsp3) is 0.259. The summed E-state index contributed by atoms with van der Waals surface area (Å²) in [6.07, 6.45) is 5.25. The van der Waals surface area contributed by atoms with Crippen molar-refractivity contribution in [3.63, 3.8) is 0 Å². The highest BCUT2D eigenvalue weighted by Crippen LogP contribution is 2.27. The molecule has 3 N–H and O–H groups in total. The van der Waals surface area contributed by atoms with Crippen molar-refractivity contribution in [1.82, 2.24) is 15.8 Å². The molecule has 8 heteroatoms. The number of carboxylic acids is 1. The molecule has 0 spiro atoms. The third-order valence-electron chi connectivity index (χ3n) is 5.95. The molecule has 0 fully saturated rings. The molecule has 1 aromatic heterocycles. The maximum absolute atomic E-state index is 12.9. The largest absolute Gasteiger partial charge is 0.478 e. The van der Waals surface area contributed by atoms with Gasteiger partial charge in [0.15, 0.2) is 5.60 Å². The van der Waals surface area contributed by atoms with Gasteiger partial charge < -0.3 is 24.6 Å². The number of carbonyl (C=O) groups is 2. The summed E-state index contributed by atoms with van der Waals surface area (Å²) in [4.78, 5) is 24.2. The van der Waals surface area contributed by atoms with Crippen molar-refractivity contribution >= 4 is 11.9 Å². The van der Waals surface area contributed by atoms with Crippen molar-refractivity contribution in [2.45, 2.75) is 39.0 Å². The minimum absolute atomic E-state index is 0.115. The van der Waals surface area contributed by atoms with E-state index in [4.69, 9.17) is 9.15 Å². The molecule has 0 bridgehead atoms. The first-order valence-electron chi connectivity index (χ1n) is 11.3.